The van der Waals surface area contributed by atoms with E-state index < -0.39 is 6.10 Å². The molecular formula is C9H14ClN3O3. The molecule has 0 spiro atoms. The van der Waals surface area contributed by atoms with E-state index in [1.807, 2.05) is 0 Å². The van der Waals surface area contributed by atoms with Crippen LogP contribution < -0.4 is 10.1 Å². The molecule has 1 aromatic rings. The molecule has 0 saturated carbocycles. The quantitative estimate of drug-likeness (QED) is 0.765. The van der Waals surface area contributed by atoms with Gasteiger partial charge in [0.15, 0.2) is 5.82 Å². The lowest BCUT2D eigenvalue weighted by Crippen LogP contribution is -2.24. The van der Waals surface area contributed by atoms with Crippen LogP contribution in [0.25, 0.3) is 0 Å². The normalized spacial score (nSPS) is 12.2. The van der Waals surface area contributed by atoms with E-state index in [4.69, 9.17) is 21.1 Å². The highest BCUT2D eigenvalue weighted by Gasteiger charge is 2.08. The fraction of sp³-hybridized carbons (Fsp3) is 0.556. The van der Waals surface area contributed by atoms with Gasteiger partial charge in [0.25, 0.3) is 0 Å². The second-order valence-corrected chi connectivity index (χ2v) is 3.45. The molecule has 2 N–H and O–H groups in total. The van der Waals surface area contributed by atoms with Crippen LogP contribution in [0.15, 0.2) is 6.20 Å². The van der Waals surface area contributed by atoms with Crippen LogP contribution in [0, 0.1) is 0 Å². The van der Waals surface area contributed by atoms with Gasteiger partial charge in [-0.15, -0.1) is 0 Å². The van der Waals surface area contributed by atoms with Gasteiger partial charge in [-0.05, 0) is 0 Å². The SMILES string of the molecule is COCC(O)CNc1nc(OC)ncc1Cl. The van der Waals surface area contributed by atoms with E-state index in [1.54, 1.807) is 0 Å². The van der Waals surface area contributed by atoms with Crippen molar-refractivity contribution in [2.24, 2.45) is 0 Å². The number of nitrogens with zero attached hydrogens (tertiary/aromatic N) is 2. The Morgan fingerprint density at radius 2 is 2.31 bits per heavy atom. The number of hydrogen-bond acceptors (Lipinski definition) is 6. The first kappa shape index (κ1) is 13.0. The number of rotatable bonds is 6. The van der Waals surface area contributed by atoms with Gasteiger partial charge in [-0.3, -0.25) is 0 Å². The molecule has 0 bridgehead atoms. The summed E-state index contributed by atoms with van der Waals surface area (Å²) < 4.78 is 9.64. The third kappa shape index (κ3) is 3.80. The first-order valence-corrected chi connectivity index (χ1v) is 5.02. The van der Waals surface area contributed by atoms with Crippen molar-refractivity contribution < 1.29 is 14.6 Å². The minimum atomic E-state index is -0.623. The summed E-state index contributed by atoms with van der Waals surface area (Å²) in [6.45, 7) is 0.528. The maximum atomic E-state index is 9.42. The van der Waals surface area contributed by atoms with Gasteiger partial charge in [0.05, 0.1) is 26.0 Å². The molecule has 0 aliphatic carbocycles. The van der Waals surface area contributed by atoms with Crippen molar-refractivity contribution in [3.05, 3.63) is 11.2 Å². The summed E-state index contributed by atoms with van der Waals surface area (Å²) in [4.78, 5) is 7.82. The summed E-state index contributed by atoms with van der Waals surface area (Å²) in [6.07, 6.45) is 0.806. The van der Waals surface area contributed by atoms with Gasteiger partial charge in [0.2, 0.25) is 0 Å². The summed E-state index contributed by atoms with van der Waals surface area (Å²) in [5, 5.41) is 12.7. The third-order valence-corrected chi connectivity index (χ3v) is 2.05. The molecule has 1 heterocycles. The zero-order chi connectivity index (χ0) is 12.0. The summed E-state index contributed by atoms with van der Waals surface area (Å²) in [5.74, 6) is 0.420. The minimum Gasteiger partial charge on any atom is -0.467 e. The van der Waals surface area contributed by atoms with Gasteiger partial charge in [-0.2, -0.15) is 4.98 Å². The molecule has 0 radical (unpaired) electrons. The van der Waals surface area contributed by atoms with Gasteiger partial charge in [0, 0.05) is 13.7 Å². The summed E-state index contributed by atoms with van der Waals surface area (Å²) in [5.41, 5.74) is 0. The number of halogens is 1. The highest BCUT2D eigenvalue weighted by molar-refractivity contribution is 6.32. The molecule has 90 valence electrons. The molecule has 0 saturated heterocycles. The molecule has 1 rings (SSSR count). The van der Waals surface area contributed by atoms with Gasteiger partial charge < -0.3 is 19.9 Å². The average molecular weight is 248 g/mol. The molecule has 0 aliphatic heterocycles. The number of nitrogens with one attached hydrogen (secondary N) is 1. The van der Waals surface area contributed by atoms with Gasteiger partial charge in [-0.25, -0.2) is 4.98 Å². The smallest absolute Gasteiger partial charge is 0.318 e. The first-order valence-electron chi connectivity index (χ1n) is 4.64. The van der Waals surface area contributed by atoms with Crippen LogP contribution in [0.1, 0.15) is 0 Å². The molecule has 16 heavy (non-hydrogen) atoms. The minimum absolute atomic E-state index is 0.216. The Balaban J connectivity index is 2.58. The van der Waals surface area contributed by atoms with Crippen molar-refractivity contribution in [3.63, 3.8) is 0 Å². The fourth-order valence-corrected chi connectivity index (χ4v) is 1.20. The Bertz CT molecular complexity index is 338. The Morgan fingerprint density at radius 3 is 2.94 bits per heavy atom. The number of aromatic nitrogens is 2. The van der Waals surface area contributed by atoms with Crippen LogP contribution in [0.5, 0.6) is 6.01 Å². The molecule has 0 fully saturated rings. The molecule has 6 nitrogen and oxygen atoms in total. The van der Waals surface area contributed by atoms with Crippen molar-refractivity contribution in [1.82, 2.24) is 9.97 Å². The Morgan fingerprint density at radius 1 is 1.56 bits per heavy atom. The van der Waals surface area contributed by atoms with Gasteiger partial charge in [0.1, 0.15) is 5.02 Å². The van der Waals surface area contributed by atoms with E-state index >= 15 is 0 Å². The topological polar surface area (TPSA) is 76.5 Å². The van der Waals surface area contributed by atoms with Crippen LogP contribution in [0.3, 0.4) is 0 Å². The second kappa shape index (κ2) is 6.47. The van der Waals surface area contributed by atoms with Crippen molar-refractivity contribution in [1.29, 1.82) is 0 Å². The first-order chi connectivity index (χ1) is 7.67. The molecule has 7 heteroatoms. The predicted octanol–water partition coefficient (Wildman–Crippen LogP) is 0.558. The monoisotopic (exact) mass is 247 g/mol. The summed E-state index contributed by atoms with van der Waals surface area (Å²) in [6, 6.07) is 0.216. The highest BCUT2D eigenvalue weighted by atomic mass is 35.5. The number of hydrogen-bond donors (Lipinski definition) is 2. The number of ether oxygens (including phenoxy) is 2. The maximum Gasteiger partial charge on any atom is 0.318 e. The number of aliphatic hydroxyl groups excluding tert-OH is 1. The fourth-order valence-electron chi connectivity index (χ4n) is 1.04. The lowest BCUT2D eigenvalue weighted by atomic mass is 10.4. The average Bonchev–Trinajstić information content (AvgIpc) is 2.28. The number of aliphatic hydroxyl groups is 1. The lowest BCUT2D eigenvalue weighted by molar-refractivity contribution is 0.0727. The van der Waals surface area contributed by atoms with Crippen molar-refractivity contribution in [2.75, 3.05) is 32.7 Å². The standard InChI is InChI=1S/C9H14ClN3O3/c1-15-5-6(14)3-11-8-7(10)4-12-9(13-8)16-2/h4,6,14H,3,5H2,1-2H3,(H,11,12,13). The predicted molar refractivity (Wildman–Crippen MR) is 60.0 cm³/mol. The Hall–Kier alpha value is -1.11. The van der Waals surface area contributed by atoms with E-state index in [9.17, 15) is 5.11 Å². The molecule has 0 amide bonds. The van der Waals surface area contributed by atoms with E-state index in [-0.39, 0.29) is 19.2 Å². The Kier molecular flexibility index (Phi) is 5.24. The summed E-state index contributed by atoms with van der Waals surface area (Å²) in [7, 11) is 2.98. The van der Waals surface area contributed by atoms with Crippen LogP contribution in [-0.2, 0) is 4.74 Å². The van der Waals surface area contributed by atoms with Gasteiger partial charge in [-0.1, -0.05) is 11.6 Å². The van der Waals surface area contributed by atoms with Crippen molar-refractivity contribution in [2.45, 2.75) is 6.10 Å². The molecule has 0 aromatic carbocycles. The molecular weight excluding hydrogens is 234 g/mol. The van der Waals surface area contributed by atoms with E-state index in [1.165, 1.54) is 20.4 Å². The second-order valence-electron chi connectivity index (χ2n) is 3.04. The van der Waals surface area contributed by atoms with Crippen molar-refractivity contribution in [3.8, 4) is 6.01 Å². The zero-order valence-corrected chi connectivity index (χ0v) is 9.86. The zero-order valence-electron chi connectivity index (χ0n) is 9.11. The molecule has 1 aromatic heterocycles. The number of methoxy groups -OCH3 is 2. The Labute approximate surface area is 98.6 Å². The molecule has 1 unspecified atom stereocenters. The maximum absolute atomic E-state index is 9.42. The van der Waals surface area contributed by atoms with E-state index in [0.717, 1.165) is 0 Å². The third-order valence-electron chi connectivity index (χ3n) is 1.77. The largest absolute Gasteiger partial charge is 0.467 e. The highest BCUT2D eigenvalue weighted by Crippen LogP contribution is 2.19. The summed E-state index contributed by atoms with van der Waals surface area (Å²) >= 11 is 5.86. The van der Waals surface area contributed by atoms with E-state index in [2.05, 4.69) is 15.3 Å². The lowest BCUT2D eigenvalue weighted by Gasteiger charge is -2.12. The van der Waals surface area contributed by atoms with Gasteiger partial charge >= 0.3 is 6.01 Å². The molecule has 1 atom stereocenters. The van der Waals surface area contributed by atoms with Crippen LogP contribution in [0.4, 0.5) is 5.82 Å². The number of anilines is 1. The van der Waals surface area contributed by atoms with Crippen LogP contribution in [0.2, 0.25) is 5.02 Å². The van der Waals surface area contributed by atoms with Crippen LogP contribution >= 0.6 is 11.6 Å². The van der Waals surface area contributed by atoms with Crippen molar-refractivity contribution >= 4 is 17.4 Å². The van der Waals surface area contributed by atoms with E-state index in [0.29, 0.717) is 10.8 Å². The van der Waals surface area contributed by atoms with Crippen LogP contribution in [-0.4, -0.2) is 48.5 Å². The molecule has 0 aliphatic rings.